The predicted molar refractivity (Wildman–Crippen MR) is 74.6 cm³/mol. The van der Waals surface area contributed by atoms with E-state index >= 15 is 0 Å². The lowest BCUT2D eigenvalue weighted by Gasteiger charge is -1.95. The Balaban J connectivity index is 2.10. The first-order valence-electron chi connectivity index (χ1n) is 5.50. The van der Waals surface area contributed by atoms with Gasteiger partial charge < -0.3 is 10.3 Å². The predicted octanol–water partition coefficient (Wildman–Crippen LogP) is 0.816. The number of hydrogen-bond acceptors (Lipinski definition) is 5. The number of carbonyl (C=O) groups excluding carboxylic acids is 1. The summed E-state index contributed by atoms with van der Waals surface area (Å²) in [6.07, 6.45) is 4.34. The van der Waals surface area contributed by atoms with E-state index in [1.165, 1.54) is 12.3 Å². The Bertz CT molecular complexity index is 794. The fraction of sp³-hybridized carbons (Fsp3) is 0. The van der Waals surface area contributed by atoms with Crippen molar-refractivity contribution < 1.29 is 9.72 Å². The third-order valence-corrected chi connectivity index (χ3v) is 2.98. The van der Waals surface area contributed by atoms with Crippen molar-refractivity contribution in [1.82, 2.24) is 20.6 Å². The molecule has 9 heteroatoms. The number of nitrogens with one attached hydrogen (secondary N) is 3. The molecule has 0 atom stereocenters. The van der Waals surface area contributed by atoms with Crippen molar-refractivity contribution in [2.75, 3.05) is 0 Å². The van der Waals surface area contributed by atoms with Crippen LogP contribution in [-0.4, -0.2) is 25.9 Å². The monoisotopic (exact) mass is 289 g/mol. The summed E-state index contributed by atoms with van der Waals surface area (Å²) >= 11 is 4.83. The molecule has 0 saturated carbocycles. The molecular formula is C11H7N5O3S. The number of pyridine rings is 1. The van der Waals surface area contributed by atoms with Gasteiger partial charge in [0, 0.05) is 23.2 Å². The zero-order valence-corrected chi connectivity index (χ0v) is 10.7. The van der Waals surface area contributed by atoms with E-state index < -0.39 is 4.92 Å². The van der Waals surface area contributed by atoms with Crippen molar-refractivity contribution in [3.05, 3.63) is 39.8 Å². The van der Waals surface area contributed by atoms with E-state index in [4.69, 9.17) is 12.2 Å². The van der Waals surface area contributed by atoms with Crippen molar-refractivity contribution in [1.29, 1.82) is 0 Å². The minimum atomic E-state index is -0.522. The average Bonchev–Trinajstić information content (AvgIpc) is 2.93. The largest absolute Gasteiger partial charge is 0.346 e. The van der Waals surface area contributed by atoms with Gasteiger partial charge in [0.15, 0.2) is 5.11 Å². The maximum Gasteiger partial charge on any atom is 0.288 e. The molecule has 1 fully saturated rings. The molecular weight excluding hydrogens is 282 g/mol. The second-order valence-electron chi connectivity index (χ2n) is 4.06. The molecule has 1 saturated heterocycles. The molecule has 100 valence electrons. The molecule has 0 aromatic carbocycles. The molecule has 8 nitrogen and oxygen atoms in total. The lowest BCUT2D eigenvalue weighted by atomic mass is 10.2. The molecule has 1 amide bonds. The summed E-state index contributed by atoms with van der Waals surface area (Å²) in [5, 5.41) is 16.7. The summed E-state index contributed by atoms with van der Waals surface area (Å²) < 4.78 is 0. The van der Waals surface area contributed by atoms with E-state index in [-0.39, 0.29) is 22.4 Å². The summed E-state index contributed by atoms with van der Waals surface area (Å²) in [6.45, 7) is 0. The third kappa shape index (κ3) is 1.99. The molecule has 3 rings (SSSR count). The first kappa shape index (κ1) is 12.2. The van der Waals surface area contributed by atoms with Crippen LogP contribution in [0.2, 0.25) is 0 Å². The molecule has 0 bridgehead atoms. The molecule has 0 unspecified atom stereocenters. The van der Waals surface area contributed by atoms with Crippen molar-refractivity contribution >= 4 is 46.0 Å². The van der Waals surface area contributed by atoms with E-state index in [2.05, 4.69) is 20.6 Å². The van der Waals surface area contributed by atoms with Crippen LogP contribution >= 0.6 is 12.2 Å². The number of hydrogen-bond donors (Lipinski definition) is 3. The summed E-state index contributed by atoms with van der Waals surface area (Å²) in [5.41, 5.74) is 1.28. The van der Waals surface area contributed by atoms with Crippen molar-refractivity contribution in [2.45, 2.75) is 0 Å². The molecule has 0 radical (unpaired) electrons. The summed E-state index contributed by atoms with van der Waals surface area (Å²) in [5.74, 6) is -0.345. The van der Waals surface area contributed by atoms with Crippen LogP contribution in [0, 0.1) is 10.1 Å². The first-order valence-corrected chi connectivity index (χ1v) is 5.91. The van der Waals surface area contributed by atoms with Crippen LogP contribution in [0.4, 0.5) is 5.69 Å². The number of rotatable bonds is 2. The van der Waals surface area contributed by atoms with Gasteiger partial charge in [0.1, 0.15) is 17.5 Å². The lowest BCUT2D eigenvalue weighted by Crippen LogP contribution is -2.21. The van der Waals surface area contributed by atoms with Gasteiger partial charge >= 0.3 is 0 Å². The van der Waals surface area contributed by atoms with Crippen LogP contribution in [0.5, 0.6) is 0 Å². The minimum Gasteiger partial charge on any atom is -0.346 e. The van der Waals surface area contributed by atoms with Crippen LogP contribution in [0.1, 0.15) is 5.56 Å². The molecule has 2 aromatic rings. The highest BCUT2D eigenvalue weighted by Gasteiger charge is 2.21. The van der Waals surface area contributed by atoms with Crippen molar-refractivity contribution in [3.63, 3.8) is 0 Å². The average molecular weight is 289 g/mol. The Hall–Kier alpha value is -2.81. The number of carbonyl (C=O) groups is 1. The van der Waals surface area contributed by atoms with E-state index in [0.29, 0.717) is 16.6 Å². The van der Waals surface area contributed by atoms with E-state index in [1.54, 1.807) is 12.3 Å². The molecule has 3 heterocycles. The Kier molecular flexibility index (Phi) is 2.68. The highest BCUT2D eigenvalue weighted by atomic mass is 32.1. The Morgan fingerprint density at radius 1 is 1.40 bits per heavy atom. The van der Waals surface area contributed by atoms with Gasteiger partial charge in [0.05, 0.1) is 4.92 Å². The van der Waals surface area contributed by atoms with E-state index in [1.807, 2.05) is 0 Å². The van der Waals surface area contributed by atoms with Crippen LogP contribution in [0.25, 0.3) is 17.1 Å². The quantitative estimate of drug-likeness (QED) is 0.326. The molecule has 20 heavy (non-hydrogen) atoms. The van der Waals surface area contributed by atoms with Crippen LogP contribution in [0.15, 0.2) is 24.2 Å². The Labute approximate surface area is 117 Å². The first-order chi connectivity index (χ1) is 9.54. The molecule has 3 N–H and O–H groups in total. The van der Waals surface area contributed by atoms with E-state index in [0.717, 1.165) is 0 Å². The second-order valence-corrected chi connectivity index (χ2v) is 4.47. The number of amides is 1. The summed E-state index contributed by atoms with van der Waals surface area (Å²) in [7, 11) is 0. The van der Waals surface area contributed by atoms with Gasteiger partial charge in [-0.25, -0.2) is 4.98 Å². The number of nitrogens with zero attached hydrogens (tertiary/aromatic N) is 2. The van der Waals surface area contributed by atoms with Crippen LogP contribution in [0.3, 0.4) is 0 Å². The van der Waals surface area contributed by atoms with E-state index in [9.17, 15) is 14.9 Å². The molecule has 2 aromatic heterocycles. The topological polar surface area (TPSA) is 113 Å². The Morgan fingerprint density at radius 2 is 2.20 bits per heavy atom. The maximum atomic E-state index is 11.6. The maximum absolute atomic E-state index is 11.6. The summed E-state index contributed by atoms with van der Waals surface area (Å²) in [6, 6.07) is 1.40. The lowest BCUT2D eigenvalue weighted by molar-refractivity contribution is -0.385. The number of thiocarbonyl (C=S) groups is 1. The number of aromatic nitrogens is 2. The molecule has 1 aliphatic heterocycles. The van der Waals surface area contributed by atoms with Crippen LogP contribution < -0.4 is 10.6 Å². The second kappa shape index (κ2) is 4.38. The molecule has 1 aliphatic rings. The van der Waals surface area contributed by atoms with Gasteiger partial charge in [-0.1, -0.05) is 0 Å². The fourth-order valence-corrected chi connectivity index (χ4v) is 2.07. The Morgan fingerprint density at radius 3 is 2.85 bits per heavy atom. The summed E-state index contributed by atoms with van der Waals surface area (Å²) in [4.78, 5) is 28.6. The van der Waals surface area contributed by atoms with Gasteiger partial charge in [0.25, 0.3) is 11.6 Å². The van der Waals surface area contributed by atoms with Gasteiger partial charge in [0.2, 0.25) is 0 Å². The van der Waals surface area contributed by atoms with Crippen LogP contribution in [-0.2, 0) is 4.79 Å². The number of fused-ring (bicyclic) bond motifs is 1. The third-order valence-electron chi connectivity index (χ3n) is 2.78. The minimum absolute atomic E-state index is 0.115. The van der Waals surface area contributed by atoms with Gasteiger partial charge in [-0.2, -0.15) is 0 Å². The zero-order chi connectivity index (χ0) is 14.3. The van der Waals surface area contributed by atoms with Crippen molar-refractivity contribution in [3.8, 4) is 0 Å². The van der Waals surface area contributed by atoms with Gasteiger partial charge in [-0.3, -0.25) is 20.2 Å². The zero-order valence-electron chi connectivity index (χ0n) is 9.84. The SMILES string of the molecule is O=C1NC(=S)N/C1=C\c1c[nH]c2ncc([N+](=O)[O-])cc12. The molecule has 0 spiro atoms. The highest BCUT2D eigenvalue weighted by Crippen LogP contribution is 2.23. The van der Waals surface area contributed by atoms with Gasteiger partial charge in [-0.05, 0) is 18.3 Å². The van der Waals surface area contributed by atoms with Crippen molar-refractivity contribution in [2.24, 2.45) is 0 Å². The highest BCUT2D eigenvalue weighted by molar-refractivity contribution is 7.80. The number of H-pyrrole nitrogens is 1. The number of nitro groups is 1. The molecule has 0 aliphatic carbocycles. The fourth-order valence-electron chi connectivity index (χ4n) is 1.87. The van der Waals surface area contributed by atoms with Gasteiger partial charge in [-0.15, -0.1) is 0 Å². The smallest absolute Gasteiger partial charge is 0.288 e. The standard InChI is InChI=1S/C11H7N5O3S/c17-10-8(14-11(20)15-10)1-5-3-12-9-7(5)2-6(4-13-9)16(18)19/h1-4H,(H,12,13)(H2,14,15,17,20)/b8-1-. The normalized spacial score (nSPS) is 16.5. The number of aromatic amines is 1.